The van der Waals surface area contributed by atoms with Crippen LogP contribution < -0.4 is 5.73 Å². The Hall–Kier alpha value is -1.17. The van der Waals surface area contributed by atoms with Gasteiger partial charge in [-0.25, -0.2) is 4.39 Å². The average molecular weight is 357 g/mol. The molecule has 1 aliphatic rings. The largest absolute Gasteiger partial charge is 0.333 e. The molecule has 3 nitrogen and oxygen atoms in total. The van der Waals surface area contributed by atoms with Gasteiger partial charge in [-0.15, -0.1) is 23.7 Å². The van der Waals surface area contributed by atoms with Gasteiger partial charge in [0, 0.05) is 23.3 Å². The number of rotatable bonds is 2. The van der Waals surface area contributed by atoms with E-state index in [0.29, 0.717) is 4.88 Å². The molecule has 1 amide bonds. The first-order chi connectivity index (χ1) is 10.5. The zero-order valence-electron chi connectivity index (χ0n) is 13.3. The molecule has 2 atom stereocenters. The monoisotopic (exact) mass is 356 g/mol. The first-order valence-corrected chi connectivity index (χ1v) is 8.56. The molecule has 6 heteroatoms. The summed E-state index contributed by atoms with van der Waals surface area (Å²) in [6.07, 6.45) is 3.10. The maximum atomic E-state index is 13.4. The summed E-state index contributed by atoms with van der Waals surface area (Å²) >= 11 is 1.45. The second-order valence-corrected chi connectivity index (χ2v) is 7.17. The summed E-state index contributed by atoms with van der Waals surface area (Å²) < 4.78 is 14.4. The van der Waals surface area contributed by atoms with Crippen LogP contribution in [-0.4, -0.2) is 29.4 Å². The Kier molecular flexibility index (Phi) is 5.65. The number of likely N-dealkylation sites (tertiary alicyclic amines) is 1. The van der Waals surface area contributed by atoms with Gasteiger partial charge in [-0.1, -0.05) is 0 Å². The third-order valence-corrected chi connectivity index (χ3v) is 5.77. The molecule has 0 radical (unpaired) electrons. The quantitative estimate of drug-likeness (QED) is 0.880. The van der Waals surface area contributed by atoms with Crippen molar-refractivity contribution in [3.8, 4) is 0 Å². The fourth-order valence-electron chi connectivity index (χ4n) is 3.28. The topological polar surface area (TPSA) is 46.3 Å². The minimum atomic E-state index is -0.265. The lowest BCUT2D eigenvalue weighted by atomic mass is 9.96. The third kappa shape index (κ3) is 3.37. The summed E-state index contributed by atoms with van der Waals surface area (Å²) in [5.41, 5.74) is 6.94. The fraction of sp³-hybridized carbons (Fsp3) is 0.471. The molecule has 1 aliphatic heterocycles. The van der Waals surface area contributed by atoms with Gasteiger partial charge in [0.2, 0.25) is 0 Å². The Balaban J connectivity index is 0.00000192. The molecule has 0 spiro atoms. The first-order valence-electron chi connectivity index (χ1n) is 7.74. The molecular weight excluding hydrogens is 335 g/mol. The number of nitrogens with zero attached hydrogens (tertiary/aromatic N) is 1. The molecule has 2 N–H and O–H groups in total. The van der Waals surface area contributed by atoms with E-state index < -0.39 is 0 Å². The molecule has 3 rings (SSSR count). The number of halogens is 2. The van der Waals surface area contributed by atoms with Crippen LogP contribution in [0.25, 0.3) is 10.1 Å². The van der Waals surface area contributed by atoms with Crippen LogP contribution >= 0.6 is 23.7 Å². The molecule has 0 aliphatic carbocycles. The van der Waals surface area contributed by atoms with Crippen LogP contribution in [0.2, 0.25) is 0 Å². The Morgan fingerprint density at radius 2 is 2.17 bits per heavy atom. The van der Waals surface area contributed by atoms with Gasteiger partial charge in [0.15, 0.2) is 0 Å². The van der Waals surface area contributed by atoms with E-state index >= 15 is 0 Å². The van der Waals surface area contributed by atoms with Gasteiger partial charge in [-0.3, -0.25) is 4.79 Å². The maximum absolute atomic E-state index is 13.4. The number of aryl methyl sites for hydroxylation is 1. The number of carbonyl (C=O) groups excluding carboxylic acids is 1. The summed E-state index contributed by atoms with van der Waals surface area (Å²) in [7, 11) is 0. The summed E-state index contributed by atoms with van der Waals surface area (Å²) in [6.45, 7) is 4.62. The van der Waals surface area contributed by atoms with Gasteiger partial charge in [0.05, 0.1) is 4.88 Å². The highest BCUT2D eigenvalue weighted by molar-refractivity contribution is 7.21. The lowest BCUT2D eigenvalue weighted by molar-refractivity contribution is 0.0588. The molecule has 0 bridgehead atoms. The minimum Gasteiger partial charge on any atom is -0.333 e. The third-order valence-electron chi connectivity index (χ3n) is 4.51. The molecule has 2 aromatic rings. The van der Waals surface area contributed by atoms with E-state index in [9.17, 15) is 9.18 Å². The van der Waals surface area contributed by atoms with Crippen LogP contribution in [0.1, 0.15) is 41.4 Å². The lowest BCUT2D eigenvalue weighted by Crippen LogP contribution is -2.51. The smallest absolute Gasteiger partial charge is 0.264 e. The van der Waals surface area contributed by atoms with Gasteiger partial charge in [0.1, 0.15) is 5.82 Å². The zero-order valence-corrected chi connectivity index (χ0v) is 15.0. The molecule has 2 unspecified atom stereocenters. The van der Waals surface area contributed by atoms with Crippen LogP contribution in [0.5, 0.6) is 0 Å². The van der Waals surface area contributed by atoms with Crippen molar-refractivity contribution in [2.75, 3.05) is 6.54 Å². The van der Waals surface area contributed by atoms with Crippen molar-refractivity contribution in [2.24, 2.45) is 5.73 Å². The van der Waals surface area contributed by atoms with Crippen molar-refractivity contribution < 1.29 is 9.18 Å². The summed E-state index contributed by atoms with van der Waals surface area (Å²) in [5.74, 6) is -0.222. The van der Waals surface area contributed by atoms with Gasteiger partial charge >= 0.3 is 0 Å². The van der Waals surface area contributed by atoms with E-state index in [1.165, 1.54) is 23.5 Å². The van der Waals surface area contributed by atoms with Crippen molar-refractivity contribution in [1.82, 2.24) is 4.90 Å². The fourth-order valence-corrected chi connectivity index (χ4v) is 4.43. The van der Waals surface area contributed by atoms with E-state index in [2.05, 4.69) is 0 Å². The van der Waals surface area contributed by atoms with Crippen LogP contribution in [0, 0.1) is 12.7 Å². The second kappa shape index (κ2) is 7.16. The number of hydrogen-bond donors (Lipinski definition) is 1. The van der Waals surface area contributed by atoms with Crippen LogP contribution in [0.4, 0.5) is 4.39 Å². The number of fused-ring (bicyclic) bond motifs is 1. The molecule has 0 saturated carbocycles. The number of benzene rings is 1. The Morgan fingerprint density at radius 3 is 2.87 bits per heavy atom. The molecule has 23 heavy (non-hydrogen) atoms. The Morgan fingerprint density at radius 1 is 1.43 bits per heavy atom. The predicted octanol–water partition coefficient (Wildman–Crippen LogP) is 4.11. The van der Waals surface area contributed by atoms with Crippen LogP contribution in [0.3, 0.4) is 0 Å². The standard InChI is InChI=1S/C17H21FN2OS.ClH/c1-10-13-9-12(18)6-7-15(13)22-16(10)17(21)20-8-4-3-5-14(20)11(2)19;/h6-7,9,11,14H,3-5,8,19H2,1-2H3;1H. The minimum absolute atomic E-state index is 0. The van der Waals surface area contributed by atoms with Crippen LogP contribution in [0.15, 0.2) is 18.2 Å². The van der Waals surface area contributed by atoms with Gasteiger partial charge in [-0.2, -0.15) is 0 Å². The van der Waals surface area contributed by atoms with E-state index in [4.69, 9.17) is 5.73 Å². The van der Waals surface area contributed by atoms with E-state index in [1.807, 2.05) is 18.7 Å². The van der Waals surface area contributed by atoms with E-state index in [-0.39, 0.29) is 36.2 Å². The predicted molar refractivity (Wildman–Crippen MR) is 96.1 cm³/mol. The number of carbonyl (C=O) groups is 1. The summed E-state index contributed by atoms with van der Waals surface area (Å²) in [4.78, 5) is 15.6. The average Bonchev–Trinajstić information content (AvgIpc) is 2.83. The maximum Gasteiger partial charge on any atom is 0.264 e. The highest BCUT2D eigenvalue weighted by Crippen LogP contribution is 2.33. The molecular formula is C17H22ClFN2OS. The van der Waals surface area contributed by atoms with Crippen molar-refractivity contribution in [1.29, 1.82) is 0 Å². The SMILES string of the molecule is Cc1c(C(=O)N2CCCCC2C(C)N)sc2ccc(F)cc12.Cl. The van der Waals surface area contributed by atoms with Gasteiger partial charge < -0.3 is 10.6 Å². The van der Waals surface area contributed by atoms with Gasteiger partial charge in [0.25, 0.3) is 5.91 Å². The molecule has 1 saturated heterocycles. The highest BCUT2D eigenvalue weighted by Gasteiger charge is 2.31. The molecule has 2 heterocycles. The van der Waals surface area contributed by atoms with Crippen molar-refractivity contribution in [3.63, 3.8) is 0 Å². The molecule has 1 aromatic heterocycles. The number of amides is 1. The lowest BCUT2D eigenvalue weighted by Gasteiger charge is -2.38. The normalized spacial score (nSPS) is 19.5. The second-order valence-electron chi connectivity index (χ2n) is 6.12. The van der Waals surface area contributed by atoms with Crippen molar-refractivity contribution in [2.45, 2.75) is 45.2 Å². The number of thiophene rings is 1. The molecule has 126 valence electrons. The number of nitrogens with two attached hydrogens (primary N) is 1. The Bertz CT molecular complexity index is 716. The Labute approximate surface area is 146 Å². The van der Waals surface area contributed by atoms with Crippen LogP contribution in [-0.2, 0) is 0 Å². The summed E-state index contributed by atoms with van der Waals surface area (Å²) in [6, 6.07) is 4.77. The highest BCUT2D eigenvalue weighted by atomic mass is 35.5. The molecule has 1 aromatic carbocycles. The first kappa shape index (κ1) is 18.2. The summed E-state index contributed by atoms with van der Waals surface area (Å²) in [5, 5.41) is 0.836. The zero-order chi connectivity index (χ0) is 15.9. The molecule has 1 fully saturated rings. The van der Waals surface area contributed by atoms with E-state index in [1.54, 1.807) is 6.07 Å². The van der Waals surface area contributed by atoms with E-state index in [0.717, 1.165) is 41.5 Å². The van der Waals surface area contributed by atoms with Gasteiger partial charge in [-0.05, 0) is 62.3 Å². The number of piperidine rings is 1. The number of hydrogen-bond acceptors (Lipinski definition) is 3. The van der Waals surface area contributed by atoms with Crippen molar-refractivity contribution in [3.05, 3.63) is 34.5 Å². The van der Waals surface area contributed by atoms with Crippen molar-refractivity contribution >= 4 is 39.7 Å².